The maximum atomic E-state index is 13.6. The summed E-state index contributed by atoms with van der Waals surface area (Å²) < 4.78 is 13.6. The zero-order chi connectivity index (χ0) is 17.8. The average Bonchev–Trinajstić information content (AvgIpc) is 2.63. The molecule has 0 unspecified atom stereocenters. The van der Waals surface area contributed by atoms with Crippen molar-refractivity contribution in [2.75, 3.05) is 18.4 Å². The van der Waals surface area contributed by atoms with Gasteiger partial charge in [-0.05, 0) is 37.1 Å². The molecule has 1 aliphatic rings. The Labute approximate surface area is 150 Å². The minimum atomic E-state index is -0.456. The second-order valence-corrected chi connectivity index (χ2v) is 6.42. The van der Waals surface area contributed by atoms with E-state index in [0.717, 1.165) is 0 Å². The highest BCUT2D eigenvalue weighted by atomic mass is 35.5. The van der Waals surface area contributed by atoms with Crippen LogP contribution in [-0.4, -0.2) is 29.8 Å². The predicted octanol–water partition coefficient (Wildman–Crippen LogP) is 3.97. The molecule has 0 atom stereocenters. The lowest BCUT2D eigenvalue weighted by Gasteiger charge is -2.31. The number of amides is 2. The van der Waals surface area contributed by atoms with Gasteiger partial charge < -0.3 is 10.2 Å². The van der Waals surface area contributed by atoms with Crippen LogP contribution in [0.25, 0.3) is 0 Å². The Morgan fingerprint density at radius 3 is 2.36 bits per heavy atom. The quantitative estimate of drug-likeness (QED) is 0.900. The van der Waals surface area contributed by atoms with Crippen LogP contribution < -0.4 is 5.32 Å². The van der Waals surface area contributed by atoms with Gasteiger partial charge in [0, 0.05) is 19.0 Å². The molecule has 0 aliphatic carbocycles. The lowest BCUT2D eigenvalue weighted by atomic mass is 9.95. The van der Waals surface area contributed by atoms with Gasteiger partial charge in [0.2, 0.25) is 5.91 Å². The first-order chi connectivity index (χ1) is 12.1. The van der Waals surface area contributed by atoms with E-state index in [1.807, 2.05) is 0 Å². The van der Waals surface area contributed by atoms with Gasteiger partial charge in [0.25, 0.3) is 5.91 Å². The normalized spacial score (nSPS) is 15.0. The third-order valence-corrected chi connectivity index (χ3v) is 4.72. The summed E-state index contributed by atoms with van der Waals surface area (Å²) in [5.41, 5.74) is 0.653. The molecule has 3 rings (SSSR count). The summed E-state index contributed by atoms with van der Waals surface area (Å²) in [6, 6.07) is 13.0. The molecule has 2 aromatic carbocycles. The Morgan fingerprint density at radius 2 is 1.68 bits per heavy atom. The number of halogens is 2. The van der Waals surface area contributed by atoms with E-state index >= 15 is 0 Å². The number of nitrogens with zero attached hydrogens (tertiary/aromatic N) is 1. The van der Waals surface area contributed by atoms with Gasteiger partial charge in [-0.3, -0.25) is 9.59 Å². The summed E-state index contributed by atoms with van der Waals surface area (Å²) in [5.74, 6) is -1.04. The molecule has 0 saturated carbocycles. The van der Waals surface area contributed by atoms with E-state index in [1.165, 1.54) is 12.1 Å². The number of nitrogens with one attached hydrogen (secondary N) is 1. The van der Waals surface area contributed by atoms with Crippen molar-refractivity contribution < 1.29 is 14.0 Å². The molecule has 0 radical (unpaired) electrons. The van der Waals surface area contributed by atoms with Crippen molar-refractivity contribution in [1.82, 2.24) is 4.90 Å². The van der Waals surface area contributed by atoms with Crippen LogP contribution in [0.1, 0.15) is 23.2 Å². The maximum absolute atomic E-state index is 13.6. The number of anilines is 1. The van der Waals surface area contributed by atoms with Crippen LogP contribution in [0.2, 0.25) is 5.02 Å². The minimum Gasteiger partial charge on any atom is -0.339 e. The van der Waals surface area contributed by atoms with Gasteiger partial charge in [-0.2, -0.15) is 0 Å². The highest BCUT2D eigenvalue weighted by molar-refractivity contribution is 6.33. The standard InChI is InChI=1S/C19H18ClFN2O2/c20-15-6-2-1-5-14(15)19(25)23-11-9-13(10-12-23)18(24)22-17-8-4-3-7-16(17)21/h1-8,13H,9-12H2,(H,22,24). The number of hydrogen-bond donors (Lipinski definition) is 1. The lowest BCUT2D eigenvalue weighted by Crippen LogP contribution is -2.41. The fourth-order valence-electron chi connectivity index (χ4n) is 2.95. The molecule has 1 fully saturated rings. The van der Waals surface area contributed by atoms with Crippen molar-refractivity contribution in [1.29, 1.82) is 0 Å². The number of piperidine rings is 1. The second kappa shape index (κ2) is 7.66. The molecule has 2 amide bonds. The summed E-state index contributed by atoms with van der Waals surface area (Å²) in [6.45, 7) is 0.943. The number of para-hydroxylation sites is 1. The van der Waals surface area contributed by atoms with E-state index < -0.39 is 5.82 Å². The fraction of sp³-hybridized carbons (Fsp3) is 0.263. The van der Waals surface area contributed by atoms with Crippen molar-refractivity contribution in [3.05, 3.63) is 64.9 Å². The average molecular weight is 361 g/mol. The first-order valence-corrected chi connectivity index (χ1v) is 8.53. The van der Waals surface area contributed by atoms with Crippen molar-refractivity contribution in [3.63, 3.8) is 0 Å². The van der Waals surface area contributed by atoms with Crippen LogP contribution in [0, 0.1) is 11.7 Å². The fourth-order valence-corrected chi connectivity index (χ4v) is 3.16. The summed E-state index contributed by atoms with van der Waals surface area (Å²) >= 11 is 6.08. The zero-order valence-corrected chi connectivity index (χ0v) is 14.3. The van der Waals surface area contributed by atoms with Crippen molar-refractivity contribution in [3.8, 4) is 0 Å². The summed E-state index contributed by atoms with van der Waals surface area (Å²) in [5, 5.41) is 3.05. The van der Waals surface area contributed by atoms with E-state index in [0.29, 0.717) is 36.5 Å². The molecule has 1 saturated heterocycles. The van der Waals surface area contributed by atoms with Gasteiger partial charge in [-0.15, -0.1) is 0 Å². The van der Waals surface area contributed by atoms with Crippen molar-refractivity contribution >= 4 is 29.1 Å². The third kappa shape index (κ3) is 3.99. The molecule has 1 heterocycles. The molecular formula is C19H18ClFN2O2. The number of likely N-dealkylation sites (tertiary alicyclic amines) is 1. The van der Waals surface area contributed by atoms with Crippen LogP contribution in [0.5, 0.6) is 0 Å². The van der Waals surface area contributed by atoms with Crippen molar-refractivity contribution in [2.45, 2.75) is 12.8 Å². The lowest BCUT2D eigenvalue weighted by molar-refractivity contribution is -0.121. The number of hydrogen-bond acceptors (Lipinski definition) is 2. The monoisotopic (exact) mass is 360 g/mol. The smallest absolute Gasteiger partial charge is 0.255 e. The van der Waals surface area contributed by atoms with E-state index in [1.54, 1.807) is 41.3 Å². The molecule has 25 heavy (non-hydrogen) atoms. The highest BCUT2D eigenvalue weighted by Gasteiger charge is 2.28. The first kappa shape index (κ1) is 17.4. The summed E-state index contributed by atoms with van der Waals surface area (Å²) in [4.78, 5) is 26.5. The zero-order valence-electron chi connectivity index (χ0n) is 13.5. The Kier molecular flexibility index (Phi) is 5.34. The third-order valence-electron chi connectivity index (χ3n) is 4.39. The Morgan fingerprint density at radius 1 is 1.04 bits per heavy atom. The number of rotatable bonds is 3. The molecular weight excluding hydrogens is 343 g/mol. The maximum Gasteiger partial charge on any atom is 0.255 e. The molecule has 2 aromatic rings. The Balaban J connectivity index is 1.58. The molecule has 0 bridgehead atoms. The topological polar surface area (TPSA) is 49.4 Å². The van der Waals surface area contributed by atoms with Gasteiger partial charge in [-0.1, -0.05) is 35.9 Å². The molecule has 4 nitrogen and oxygen atoms in total. The molecule has 1 N–H and O–H groups in total. The minimum absolute atomic E-state index is 0.126. The van der Waals surface area contributed by atoms with Crippen molar-refractivity contribution in [2.24, 2.45) is 5.92 Å². The molecule has 130 valence electrons. The van der Waals surface area contributed by atoms with Gasteiger partial charge in [0.15, 0.2) is 0 Å². The summed E-state index contributed by atoms with van der Waals surface area (Å²) in [6.07, 6.45) is 1.08. The van der Waals surface area contributed by atoms with Gasteiger partial charge in [-0.25, -0.2) is 4.39 Å². The van der Waals surface area contributed by atoms with Crippen LogP contribution >= 0.6 is 11.6 Å². The highest BCUT2D eigenvalue weighted by Crippen LogP contribution is 2.24. The van der Waals surface area contributed by atoms with Gasteiger partial charge in [0.05, 0.1) is 16.3 Å². The van der Waals surface area contributed by atoms with Crippen LogP contribution in [-0.2, 0) is 4.79 Å². The second-order valence-electron chi connectivity index (χ2n) is 6.02. The number of carbonyl (C=O) groups excluding carboxylic acids is 2. The summed E-state index contributed by atoms with van der Waals surface area (Å²) in [7, 11) is 0. The largest absolute Gasteiger partial charge is 0.339 e. The van der Waals surface area contributed by atoms with Gasteiger partial charge >= 0.3 is 0 Å². The molecule has 0 spiro atoms. The van der Waals surface area contributed by atoms with Crippen LogP contribution in [0.15, 0.2) is 48.5 Å². The molecule has 0 aromatic heterocycles. The van der Waals surface area contributed by atoms with Crippen LogP contribution in [0.3, 0.4) is 0 Å². The Hall–Kier alpha value is -2.40. The van der Waals surface area contributed by atoms with E-state index in [4.69, 9.17) is 11.6 Å². The predicted molar refractivity (Wildman–Crippen MR) is 95.1 cm³/mol. The molecule has 6 heteroatoms. The first-order valence-electron chi connectivity index (χ1n) is 8.15. The Bertz CT molecular complexity index is 788. The number of benzene rings is 2. The van der Waals surface area contributed by atoms with E-state index in [9.17, 15) is 14.0 Å². The van der Waals surface area contributed by atoms with E-state index in [2.05, 4.69) is 5.32 Å². The number of carbonyl (C=O) groups is 2. The van der Waals surface area contributed by atoms with Gasteiger partial charge in [0.1, 0.15) is 5.82 Å². The van der Waals surface area contributed by atoms with Crippen LogP contribution in [0.4, 0.5) is 10.1 Å². The SMILES string of the molecule is O=C(Nc1ccccc1F)C1CCN(C(=O)c2ccccc2Cl)CC1. The molecule has 1 aliphatic heterocycles. The van der Waals surface area contributed by atoms with E-state index in [-0.39, 0.29) is 23.4 Å².